The van der Waals surface area contributed by atoms with Gasteiger partial charge in [-0.2, -0.15) is 0 Å². The van der Waals surface area contributed by atoms with Crippen molar-refractivity contribution in [2.45, 2.75) is 32.5 Å². The molecule has 6 heteroatoms. The first-order valence-electron chi connectivity index (χ1n) is 8.68. The zero-order chi connectivity index (χ0) is 19.6. The summed E-state index contributed by atoms with van der Waals surface area (Å²) >= 11 is 2.76. The van der Waals surface area contributed by atoms with E-state index in [-0.39, 0.29) is 17.1 Å². The van der Waals surface area contributed by atoms with Gasteiger partial charge in [0.15, 0.2) is 5.16 Å². The third kappa shape index (κ3) is 4.22. The molecule has 0 unspecified atom stereocenters. The molecule has 0 saturated heterocycles. The van der Waals surface area contributed by atoms with Gasteiger partial charge in [-0.25, -0.2) is 4.98 Å². The number of hydrogen-bond donors (Lipinski definition) is 0. The average molecular weight is 399 g/mol. The number of Topliss-reactive ketones (excluding diaryl/α,β-unsaturated/α-hetero) is 1. The summed E-state index contributed by atoms with van der Waals surface area (Å²) in [6.07, 6.45) is 1.68. The Kier molecular flexibility index (Phi) is 5.67. The van der Waals surface area contributed by atoms with E-state index in [1.54, 1.807) is 10.6 Å². The molecule has 0 fully saturated rings. The second-order valence-corrected chi connectivity index (χ2v) is 9.25. The maximum Gasteiger partial charge on any atom is 0.272 e. The molecule has 0 aliphatic rings. The van der Waals surface area contributed by atoms with Crippen molar-refractivity contribution in [3.05, 3.63) is 59.4 Å². The Labute approximate surface area is 167 Å². The first-order chi connectivity index (χ1) is 12.8. The lowest BCUT2D eigenvalue weighted by molar-refractivity contribution is -0.123. The Morgan fingerprint density at radius 3 is 2.63 bits per heavy atom. The molecule has 3 rings (SSSR count). The van der Waals surface area contributed by atoms with Crippen LogP contribution in [0.15, 0.2) is 59.0 Å². The van der Waals surface area contributed by atoms with E-state index in [9.17, 15) is 9.59 Å². The fraction of sp³-hybridized carbons (Fsp3) is 0.286. The summed E-state index contributed by atoms with van der Waals surface area (Å²) in [7, 11) is 0. The molecular formula is C21H22N2O2S2. The van der Waals surface area contributed by atoms with Gasteiger partial charge in [0.2, 0.25) is 0 Å². The van der Waals surface area contributed by atoms with E-state index in [4.69, 9.17) is 4.98 Å². The highest BCUT2D eigenvalue weighted by atomic mass is 32.2. The van der Waals surface area contributed by atoms with Crippen LogP contribution in [0.5, 0.6) is 0 Å². The second kappa shape index (κ2) is 7.82. The largest absolute Gasteiger partial charge is 0.298 e. The van der Waals surface area contributed by atoms with Gasteiger partial charge in [-0.15, -0.1) is 17.9 Å². The van der Waals surface area contributed by atoms with Crippen molar-refractivity contribution in [1.29, 1.82) is 0 Å². The number of aromatic nitrogens is 2. The molecule has 0 amide bonds. The fourth-order valence-corrected chi connectivity index (χ4v) is 4.70. The van der Waals surface area contributed by atoms with E-state index < -0.39 is 5.41 Å². The van der Waals surface area contributed by atoms with Crippen LogP contribution < -0.4 is 5.56 Å². The summed E-state index contributed by atoms with van der Waals surface area (Å²) in [5.41, 5.74) is 1.24. The van der Waals surface area contributed by atoms with Gasteiger partial charge in [-0.3, -0.25) is 14.2 Å². The molecule has 140 valence electrons. The SMILES string of the molecule is C=CCn1c(SCC(=O)C(C)(C)C)nc2cc(-c3ccccc3)sc2c1=O. The van der Waals surface area contributed by atoms with Crippen LogP contribution in [0.3, 0.4) is 0 Å². The molecule has 1 aromatic carbocycles. The molecule has 0 N–H and O–H groups in total. The molecule has 4 nitrogen and oxygen atoms in total. The number of benzene rings is 1. The molecule has 0 spiro atoms. The van der Waals surface area contributed by atoms with Crippen molar-refractivity contribution in [2.24, 2.45) is 5.41 Å². The second-order valence-electron chi connectivity index (χ2n) is 7.25. The molecule has 0 saturated carbocycles. The van der Waals surface area contributed by atoms with Gasteiger partial charge in [0.25, 0.3) is 5.56 Å². The van der Waals surface area contributed by atoms with Gasteiger partial charge in [0, 0.05) is 16.8 Å². The average Bonchev–Trinajstić information content (AvgIpc) is 3.07. The van der Waals surface area contributed by atoms with Gasteiger partial charge < -0.3 is 0 Å². The quantitative estimate of drug-likeness (QED) is 0.332. The lowest BCUT2D eigenvalue weighted by atomic mass is 9.92. The van der Waals surface area contributed by atoms with E-state index in [1.165, 1.54) is 23.1 Å². The standard InChI is InChI=1S/C21H22N2O2S2/c1-5-11-23-19(25)18-15(12-16(27-18)14-9-7-6-8-10-14)22-20(23)26-13-17(24)21(2,3)4/h5-10,12H,1,11,13H2,2-4H3. The smallest absolute Gasteiger partial charge is 0.272 e. The highest BCUT2D eigenvalue weighted by Gasteiger charge is 2.22. The van der Waals surface area contributed by atoms with Crippen LogP contribution in [0.4, 0.5) is 0 Å². The first kappa shape index (κ1) is 19.6. The molecule has 3 aromatic rings. The third-order valence-electron chi connectivity index (χ3n) is 4.14. The minimum atomic E-state index is -0.413. The van der Waals surface area contributed by atoms with Crippen LogP contribution in [0.25, 0.3) is 20.7 Å². The molecule has 27 heavy (non-hydrogen) atoms. The third-order valence-corrected chi connectivity index (χ3v) is 6.28. The normalized spacial score (nSPS) is 11.7. The van der Waals surface area contributed by atoms with Gasteiger partial charge in [-0.05, 0) is 11.6 Å². The van der Waals surface area contributed by atoms with Gasteiger partial charge in [-0.1, -0.05) is 68.9 Å². The number of carbonyl (C=O) groups is 1. The summed E-state index contributed by atoms with van der Waals surface area (Å²) in [5.74, 6) is 0.413. The van der Waals surface area contributed by atoms with Gasteiger partial charge in [0.1, 0.15) is 10.5 Å². The van der Waals surface area contributed by atoms with Gasteiger partial charge in [0.05, 0.1) is 11.3 Å². The summed E-state index contributed by atoms with van der Waals surface area (Å²) in [6, 6.07) is 11.9. The molecule has 0 aliphatic heterocycles. The van der Waals surface area contributed by atoms with Crippen molar-refractivity contribution in [3.63, 3.8) is 0 Å². The van der Waals surface area contributed by atoms with Crippen molar-refractivity contribution >= 4 is 39.1 Å². The number of carbonyl (C=O) groups excluding carboxylic acids is 1. The lowest BCUT2D eigenvalue weighted by Gasteiger charge is -2.16. The van der Waals surface area contributed by atoms with Crippen LogP contribution in [0.1, 0.15) is 20.8 Å². The number of thiophene rings is 1. The molecule has 2 aromatic heterocycles. The van der Waals surface area contributed by atoms with Crippen LogP contribution >= 0.6 is 23.1 Å². The van der Waals surface area contributed by atoms with Crippen LogP contribution in [-0.4, -0.2) is 21.1 Å². The molecule has 0 radical (unpaired) electrons. The number of ketones is 1. The number of fused-ring (bicyclic) bond motifs is 1. The Morgan fingerprint density at radius 1 is 1.30 bits per heavy atom. The zero-order valence-corrected chi connectivity index (χ0v) is 17.3. The van der Waals surface area contributed by atoms with Crippen molar-refractivity contribution in [1.82, 2.24) is 9.55 Å². The summed E-state index contributed by atoms with van der Waals surface area (Å²) in [5, 5.41) is 0.558. The predicted molar refractivity (Wildman–Crippen MR) is 115 cm³/mol. The minimum Gasteiger partial charge on any atom is -0.298 e. The summed E-state index contributed by atoms with van der Waals surface area (Å²) < 4.78 is 2.23. The Morgan fingerprint density at radius 2 is 2.00 bits per heavy atom. The molecular weight excluding hydrogens is 376 g/mol. The monoisotopic (exact) mass is 398 g/mol. The van der Waals surface area contributed by atoms with Crippen LogP contribution in [-0.2, 0) is 11.3 Å². The van der Waals surface area contributed by atoms with Crippen molar-refractivity contribution in [2.75, 3.05) is 5.75 Å². The van der Waals surface area contributed by atoms with Crippen LogP contribution in [0.2, 0.25) is 0 Å². The van der Waals surface area contributed by atoms with E-state index >= 15 is 0 Å². The Bertz CT molecular complexity index is 1040. The highest BCUT2D eigenvalue weighted by Crippen LogP contribution is 2.32. The maximum absolute atomic E-state index is 13.0. The van der Waals surface area contributed by atoms with Crippen molar-refractivity contribution in [3.8, 4) is 10.4 Å². The molecule has 0 bridgehead atoms. The maximum atomic E-state index is 13.0. The zero-order valence-electron chi connectivity index (χ0n) is 15.7. The first-order valence-corrected chi connectivity index (χ1v) is 10.5. The molecule has 2 heterocycles. The topological polar surface area (TPSA) is 52.0 Å². The Hall–Kier alpha value is -2.18. The van der Waals surface area contributed by atoms with E-state index in [1.807, 2.05) is 57.2 Å². The fourth-order valence-electron chi connectivity index (χ4n) is 2.48. The van der Waals surface area contributed by atoms with E-state index in [0.717, 1.165) is 10.4 Å². The number of nitrogens with zero attached hydrogens (tertiary/aromatic N) is 2. The van der Waals surface area contributed by atoms with E-state index in [0.29, 0.717) is 21.9 Å². The molecule has 0 atom stereocenters. The number of allylic oxidation sites excluding steroid dienone is 1. The highest BCUT2D eigenvalue weighted by molar-refractivity contribution is 7.99. The lowest BCUT2D eigenvalue weighted by Crippen LogP contribution is -2.25. The number of rotatable bonds is 6. The van der Waals surface area contributed by atoms with E-state index in [2.05, 4.69) is 6.58 Å². The van der Waals surface area contributed by atoms with Crippen LogP contribution in [0, 0.1) is 5.41 Å². The number of hydrogen-bond acceptors (Lipinski definition) is 5. The van der Waals surface area contributed by atoms with Crippen molar-refractivity contribution < 1.29 is 4.79 Å². The minimum absolute atomic E-state index is 0.0854. The Balaban J connectivity index is 2.05. The molecule has 0 aliphatic carbocycles. The van der Waals surface area contributed by atoms with Gasteiger partial charge >= 0.3 is 0 Å². The summed E-state index contributed by atoms with van der Waals surface area (Å²) in [4.78, 5) is 31.0. The summed E-state index contributed by atoms with van der Waals surface area (Å²) in [6.45, 7) is 9.80. The number of thioether (sulfide) groups is 1. The predicted octanol–water partition coefficient (Wildman–Crippen LogP) is 5.02.